The molecule has 0 saturated heterocycles. The molecule has 200 valence electrons. The molecule has 0 saturated carbocycles. The minimum atomic E-state index is -4.89. The summed E-state index contributed by atoms with van der Waals surface area (Å²) in [6.45, 7) is 1.80. The Labute approximate surface area is 225 Å². The number of fused-ring (bicyclic) bond motifs is 1. The van der Waals surface area contributed by atoms with Gasteiger partial charge in [-0.25, -0.2) is 4.98 Å². The summed E-state index contributed by atoms with van der Waals surface area (Å²) >= 11 is 0. The van der Waals surface area contributed by atoms with Crippen LogP contribution in [0.2, 0.25) is 0 Å². The van der Waals surface area contributed by atoms with Crippen molar-refractivity contribution in [1.29, 1.82) is 5.26 Å². The second-order valence-electron chi connectivity index (χ2n) is 8.74. The number of para-hydroxylation sites is 1. The molecule has 3 N–H and O–H groups in total. The van der Waals surface area contributed by atoms with Crippen LogP contribution in [0.3, 0.4) is 0 Å². The molecule has 3 aromatic heterocycles. The summed E-state index contributed by atoms with van der Waals surface area (Å²) in [6, 6.07) is 18.4. The smallest absolute Gasteiger partial charge is 0.404 e. The summed E-state index contributed by atoms with van der Waals surface area (Å²) in [7, 11) is 0. The third-order valence-electron chi connectivity index (χ3n) is 6.07. The van der Waals surface area contributed by atoms with Crippen LogP contribution >= 0.6 is 0 Å². The fourth-order valence-corrected chi connectivity index (χ4v) is 4.41. The fourth-order valence-electron chi connectivity index (χ4n) is 4.41. The Hall–Kier alpha value is -5.44. The molecule has 0 spiro atoms. The Bertz CT molecular complexity index is 1820. The molecule has 1 atom stereocenters. The number of pyridine rings is 2. The normalized spacial score (nSPS) is 12.1. The number of nitrogens with zero attached hydrogens (tertiary/aromatic N) is 5. The lowest BCUT2D eigenvalue weighted by molar-refractivity contribution is -0.274. The minimum Gasteiger partial charge on any atom is -0.404 e. The van der Waals surface area contributed by atoms with Crippen LogP contribution in [0.15, 0.2) is 84.0 Å². The van der Waals surface area contributed by atoms with Crippen LogP contribution in [-0.2, 0) is 0 Å². The van der Waals surface area contributed by atoms with E-state index >= 15 is 0 Å². The van der Waals surface area contributed by atoms with Gasteiger partial charge in [0.25, 0.3) is 5.56 Å². The highest BCUT2D eigenvalue weighted by molar-refractivity contribution is 5.96. The number of nitrogens with one attached hydrogen (secondary N) is 1. The van der Waals surface area contributed by atoms with Crippen molar-refractivity contribution in [3.05, 3.63) is 101 Å². The predicted molar refractivity (Wildman–Crippen MR) is 143 cm³/mol. The quantitative estimate of drug-likeness (QED) is 0.292. The lowest BCUT2D eigenvalue weighted by atomic mass is 9.98. The Morgan fingerprint density at radius 2 is 1.85 bits per heavy atom. The number of hydrogen-bond donors (Lipinski definition) is 2. The standard InChI is InChI=1S/C28H20F3N7O2/c1-16(36-25-19(12-32)14-35-27(33)37-25)23-11-17-6-5-9-22(18-10-21(15-34-13-18)40-28(29,30)31)24(17)26(39)38(23)20-7-3-2-4-8-20/h2-11,13-16H,1H3,(H3,33,35,36,37)/t16-/m0/s1. The number of nitrogen functional groups attached to an aromatic ring is 1. The summed E-state index contributed by atoms with van der Waals surface area (Å²) in [5.41, 5.74) is 7.25. The van der Waals surface area contributed by atoms with Gasteiger partial charge in [-0.2, -0.15) is 10.2 Å². The first kappa shape index (κ1) is 26.2. The lowest BCUT2D eigenvalue weighted by Gasteiger charge is -2.22. The van der Waals surface area contributed by atoms with Gasteiger partial charge in [0.15, 0.2) is 0 Å². The zero-order valence-electron chi connectivity index (χ0n) is 20.8. The maximum Gasteiger partial charge on any atom is 0.573 e. The van der Waals surface area contributed by atoms with Crippen LogP contribution in [0.1, 0.15) is 24.2 Å². The molecule has 0 aliphatic carbocycles. The van der Waals surface area contributed by atoms with E-state index in [1.54, 1.807) is 55.5 Å². The van der Waals surface area contributed by atoms with Crippen LogP contribution in [0.25, 0.3) is 27.6 Å². The topological polar surface area (TPSA) is 132 Å². The summed E-state index contributed by atoms with van der Waals surface area (Å²) in [6.07, 6.45) is -1.27. The SMILES string of the molecule is C[C@H](Nc1nc(N)ncc1C#N)c1cc2cccc(-c3cncc(OC(F)(F)F)c3)c2c(=O)n1-c1ccccc1. The van der Waals surface area contributed by atoms with E-state index in [0.717, 1.165) is 6.20 Å². The molecule has 12 heteroatoms. The molecule has 2 aromatic carbocycles. The van der Waals surface area contributed by atoms with Gasteiger partial charge in [-0.05, 0) is 42.1 Å². The van der Waals surface area contributed by atoms with Gasteiger partial charge < -0.3 is 15.8 Å². The number of nitriles is 1. The second-order valence-corrected chi connectivity index (χ2v) is 8.74. The molecule has 0 aliphatic rings. The molecule has 0 radical (unpaired) electrons. The van der Waals surface area contributed by atoms with Crippen molar-refractivity contribution in [1.82, 2.24) is 19.5 Å². The van der Waals surface area contributed by atoms with Crippen LogP contribution in [-0.4, -0.2) is 25.9 Å². The fraction of sp³-hybridized carbons (Fsp3) is 0.107. The highest BCUT2D eigenvalue weighted by Crippen LogP contribution is 2.32. The first-order chi connectivity index (χ1) is 19.1. The Morgan fingerprint density at radius 3 is 2.58 bits per heavy atom. The van der Waals surface area contributed by atoms with Crippen molar-refractivity contribution in [3.63, 3.8) is 0 Å². The number of nitrogens with two attached hydrogens (primary N) is 1. The highest BCUT2D eigenvalue weighted by Gasteiger charge is 2.31. The van der Waals surface area contributed by atoms with Crippen molar-refractivity contribution in [3.8, 4) is 28.6 Å². The third-order valence-corrected chi connectivity index (χ3v) is 6.07. The van der Waals surface area contributed by atoms with Gasteiger partial charge in [-0.15, -0.1) is 13.2 Å². The predicted octanol–water partition coefficient (Wildman–Crippen LogP) is 5.37. The van der Waals surface area contributed by atoms with Crippen LogP contribution in [0.5, 0.6) is 5.75 Å². The number of hydrogen-bond acceptors (Lipinski definition) is 8. The van der Waals surface area contributed by atoms with Crippen molar-refractivity contribution >= 4 is 22.5 Å². The van der Waals surface area contributed by atoms with E-state index in [1.807, 2.05) is 12.1 Å². The number of benzene rings is 2. The Morgan fingerprint density at radius 1 is 1.07 bits per heavy atom. The lowest BCUT2D eigenvalue weighted by Crippen LogP contribution is -2.26. The highest BCUT2D eigenvalue weighted by atomic mass is 19.4. The summed E-state index contributed by atoms with van der Waals surface area (Å²) in [4.78, 5) is 26.1. The second kappa shape index (κ2) is 10.4. The molecular formula is C28H20F3N7O2. The van der Waals surface area contributed by atoms with Gasteiger partial charge in [-0.3, -0.25) is 14.3 Å². The number of aromatic nitrogens is 4. The van der Waals surface area contributed by atoms with E-state index in [9.17, 15) is 23.2 Å². The van der Waals surface area contributed by atoms with Crippen molar-refractivity contribution in [2.24, 2.45) is 0 Å². The van der Waals surface area contributed by atoms with Crippen LogP contribution in [0.4, 0.5) is 24.9 Å². The number of rotatable bonds is 6. The largest absolute Gasteiger partial charge is 0.573 e. The van der Waals surface area contributed by atoms with Crippen LogP contribution < -0.4 is 21.3 Å². The average molecular weight is 544 g/mol. The zero-order chi connectivity index (χ0) is 28.4. The van der Waals surface area contributed by atoms with E-state index in [-0.39, 0.29) is 28.3 Å². The summed E-state index contributed by atoms with van der Waals surface area (Å²) in [5.74, 6) is -0.323. The van der Waals surface area contributed by atoms with E-state index < -0.39 is 23.7 Å². The minimum absolute atomic E-state index is 0.0253. The van der Waals surface area contributed by atoms with Gasteiger partial charge in [0.05, 0.1) is 23.8 Å². The number of halogens is 3. The third kappa shape index (κ3) is 5.25. The summed E-state index contributed by atoms with van der Waals surface area (Å²) in [5, 5.41) is 13.5. The molecule has 0 amide bonds. The summed E-state index contributed by atoms with van der Waals surface area (Å²) < 4.78 is 44.1. The maximum absolute atomic E-state index is 14.2. The average Bonchev–Trinajstić information content (AvgIpc) is 2.92. The van der Waals surface area contributed by atoms with Crippen molar-refractivity contribution < 1.29 is 17.9 Å². The Balaban J connectivity index is 1.71. The van der Waals surface area contributed by atoms with Crippen molar-refractivity contribution in [2.45, 2.75) is 19.3 Å². The monoisotopic (exact) mass is 543 g/mol. The van der Waals surface area contributed by atoms with Gasteiger partial charge in [0.1, 0.15) is 23.2 Å². The van der Waals surface area contributed by atoms with Gasteiger partial charge in [0.2, 0.25) is 5.95 Å². The zero-order valence-corrected chi connectivity index (χ0v) is 20.8. The number of ether oxygens (including phenoxy) is 1. The molecular weight excluding hydrogens is 523 g/mol. The molecule has 0 fully saturated rings. The van der Waals surface area contributed by atoms with E-state index in [1.165, 1.54) is 23.0 Å². The number of anilines is 2. The van der Waals surface area contributed by atoms with Gasteiger partial charge in [-0.1, -0.05) is 36.4 Å². The molecule has 9 nitrogen and oxygen atoms in total. The molecule has 40 heavy (non-hydrogen) atoms. The number of alkyl halides is 3. The maximum atomic E-state index is 14.2. The first-order valence-corrected chi connectivity index (χ1v) is 11.9. The van der Waals surface area contributed by atoms with Crippen molar-refractivity contribution in [2.75, 3.05) is 11.1 Å². The molecule has 0 bridgehead atoms. The Kier molecular flexibility index (Phi) is 6.79. The van der Waals surface area contributed by atoms with Crippen LogP contribution in [0, 0.1) is 11.3 Å². The molecule has 0 aliphatic heterocycles. The first-order valence-electron chi connectivity index (χ1n) is 11.9. The van der Waals surface area contributed by atoms with E-state index in [0.29, 0.717) is 22.3 Å². The van der Waals surface area contributed by atoms with Gasteiger partial charge in [0, 0.05) is 23.1 Å². The van der Waals surface area contributed by atoms with E-state index in [2.05, 4.69) is 25.0 Å². The van der Waals surface area contributed by atoms with E-state index in [4.69, 9.17) is 5.73 Å². The molecule has 3 heterocycles. The molecule has 0 unspecified atom stereocenters. The molecule has 5 aromatic rings. The van der Waals surface area contributed by atoms with Gasteiger partial charge >= 0.3 is 6.36 Å². The molecule has 5 rings (SSSR count).